The van der Waals surface area contributed by atoms with E-state index in [-0.39, 0.29) is 38.8 Å². The van der Waals surface area contributed by atoms with Crippen LogP contribution in [0.1, 0.15) is 25.7 Å². The SMILES string of the molecule is NC(=NCCC[C@H](NC(=O)O)C(O)=c1ccc(=C(O)[C@H](CCCN=C(N)N[N+](=O)[O-])NC(=O)O)c2c(=O)c3c(=O)ccc(=O)c=3c(=O)c12)N[N+](=O)[O-]. The summed E-state index contributed by atoms with van der Waals surface area (Å²) >= 11 is 0. The third-order valence-corrected chi connectivity index (χ3v) is 7.33. The van der Waals surface area contributed by atoms with Gasteiger partial charge in [-0.25, -0.2) is 39.8 Å². The van der Waals surface area contributed by atoms with Crippen LogP contribution in [0.25, 0.3) is 22.3 Å². The first-order chi connectivity index (χ1) is 24.4. The molecule has 1 aromatic carbocycles. The predicted molar refractivity (Wildman–Crippen MR) is 180 cm³/mol. The summed E-state index contributed by atoms with van der Waals surface area (Å²) in [5.41, 5.74) is 9.32. The van der Waals surface area contributed by atoms with E-state index in [2.05, 4.69) is 9.98 Å². The number of amides is 2. The van der Waals surface area contributed by atoms with Crippen molar-refractivity contribution in [2.45, 2.75) is 37.8 Å². The van der Waals surface area contributed by atoms with Gasteiger partial charge >= 0.3 is 12.2 Å². The van der Waals surface area contributed by atoms with Gasteiger partial charge in [-0.05, 0) is 37.8 Å². The maximum atomic E-state index is 14.0. The van der Waals surface area contributed by atoms with Gasteiger partial charge in [0.15, 0.2) is 31.8 Å². The Morgan fingerprint density at radius 1 is 0.673 bits per heavy atom. The summed E-state index contributed by atoms with van der Waals surface area (Å²) in [4.78, 5) is 105. The van der Waals surface area contributed by atoms with Crippen LogP contribution < -0.4 is 65.1 Å². The highest BCUT2D eigenvalue weighted by Crippen LogP contribution is 2.11. The lowest BCUT2D eigenvalue weighted by Gasteiger charge is -2.18. The Morgan fingerprint density at radius 2 is 1.02 bits per heavy atom. The van der Waals surface area contributed by atoms with Crippen LogP contribution in [0.3, 0.4) is 0 Å². The van der Waals surface area contributed by atoms with E-state index >= 15 is 0 Å². The lowest BCUT2D eigenvalue weighted by molar-refractivity contribution is -0.525. The molecule has 24 nitrogen and oxygen atoms in total. The van der Waals surface area contributed by atoms with Crippen molar-refractivity contribution in [3.63, 3.8) is 0 Å². The van der Waals surface area contributed by atoms with Gasteiger partial charge in [0.25, 0.3) is 11.9 Å². The van der Waals surface area contributed by atoms with Crippen LogP contribution in [0.2, 0.25) is 0 Å². The van der Waals surface area contributed by atoms with Crippen molar-refractivity contribution in [3.05, 3.63) is 106 Å². The van der Waals surface area contributed by atoms with Gasteiger partial charge in [-0.15, -0.1) is 0 Å². The number of rotatable bonds is 14. The molecule has 0 radical (unpaired) electrons. The Morgan fingerprint density at radius 3 is 1.33 bits per heavy atom. The minimum Gasteiger partial charge on any atom is -0.509 e. The summed E-state index contributed by atoms with van der Waals surface area (Å²) < 4.78 is 0. The van der Waals surface area contributed by atoms with E-state index in [0.717, 1.165) is 24.3 Å². The fourth-order valence-corrected chi connectivity index (χ4v) is 5.24. The molecule has 0 aliphatic heterocycles. The number of fused-ring (bicyclic) bond motifs is 1. The number of guanidine groups is 2. The molecule has 0 spiro atoms. The molecule has 0 saturated heterocycles. The molecule has 3 rings (SSSR count). The van der Waals surface area contributed by atoms with Crippen molar-refractivity contribution in [1.29, 1.82) is 0 Å². The smallest absolute Gasteiger partial charge is 0.405 e. The largest absolute Gasteiger partial charge is 0.509 e. The number of carboxylic acid groups (broad SMARTS) is 2. The number of hydrogen-bond donors (Lipinski definition) is 10. The van der Waals surface area contributed by atoms with Crippen LogP contribution in [0.4, 0.5) is 9.59 Å². The Balaban J connectivity index is 2.37. The lowest BCUT2D eigenvalue weighted by atomic mass is 9.96. The van der Waals surface area contributed by atoms with E-state index in [1.165, 1.54) is 0 Å². The summed E-state index contributed by atoms with van der Waals surface area (Å²) in [7, 11) is 0. The summed E-state index contributed by atoms with van der Waals surface area (Å²) in [6.45, 7) is -0.424. The minimum atomic E-state index is -1.65. The first kappa shape index (κ1) is 39.0. The molecule has 2 aliphatic carbocycles. The molecular weight excluding hydrogens is 700 g/mol. The Labute approximate surface area is 286 Å². The van der Waals surface area contributed by atoms with Crippen LogP contribution >= 0.6 is 0 Å². The quantitative estimate of drug-likeness (QED) is 0.0250. The molecule has 12 N–H and O–H groups in total. The third kappa shape index (κ3) is 9.39. The molecule has 52 heavy (non-hydrogen) atoms. The number of nitro groups is 2. The number of hydrazine groups is 2. The zero-order valence-electron chi connectivity index (χ0n) is 26.5. The molecule has 276 valence electrons. The molecule has 0 unspecified atom stereocenters. The third-order valence-electron chi connectivity index (χ3n) is 7.33. The molecule has 1 aromatic rings. The molecule has 0 bridgehead atoms. The number of nitrogens with two attached hydrogens (primary N) is 2. The Bertz CT molecular complexity index is 2230. The van der Waals surface area contributed by atoms with Crippen molar-refractivity contribution < 1.29 is 40.1 Å². The van der Waals surface area contributed by atoms with Gasteiger partial charge in [0, 0.05) is 34.3 Å². The summed E-state index contributed by atoms with van der Waals surface area (Å²) in [6.07, 6.45) is -3.98. The maximum absolute atomic E-state index is 14.0. The van der Waals surface area contributed by atoms with E-state index in [0.29, 0.717) is 0 Å². The molecule has 0 fully saturated rings. The fourth-order valence-electron chi connectivity index (χ4n) is 5.24. The van der Waals surface area contributed by atoms with Crippen molar-refractivity contribution in [2.24, 2.45) is 21.5 Å². The standard InChI is InChI=1S/C28H30N10O14/c29-25(35-37(49)50)31-9-1-3-13(33-27(45)46)21(41)11-5-6-12(18-17(11)23(43)19-15(39)7-8-16(40)20(19)24(18)44)22(42)14(34-28(47)48)4-2-10-32-26(30)36-38(51)52/h5-8,13-14,33-34,41-42H,1-4,9-10H2,(H,45,46)(H,47,48)(H3,29,31,35)(H3,30,32,36)/t13-,14-/m0/s1. The molecule has 2 amide bonds. The van der Waals surface area contributed by atoms with Gasteiger partial charge in [-0.3, -0.25) is 19.2 Å². The second-order valence-electron chi connectivity index (χ2n) is 10.7. The molecular formula is C28H30N10O14. The van der Waals surface area contributed by atoms with E-state index in [4.69, 9.17) is 11.5 Å². The first-order valence-electron chi connectivity index (χ1n) is 14.7. The van der Waals surface area contributed by atoms with Gasteiger partial charge < -0.3 is 42.5 Å². The summed E-state index contributed by atoms with van der Waals surface area (Å²) in [5, 5.41) is 60.6. The van der Waals surface area contributed by atoms with Crippen molar-refractivity contribution in [2.75, 3.05) is 13.1 Å². The van der Waals surface area contributed by atoms with Crippen LogP contribution in [0, 0.1) is 30.7 Å². The number of aliphatic imine (C=N–C) groups is 2. The average Bonchev–Trinajstić information content (AvgIpc) is 3.05. The second kappa shape index (κ2) is 16.8. The highest BCUT2D eigenvalue weighted by molar-refractivity contribution is 5.87. The van der Waals surface area contributed by atoms with E-state index in [1.807, 2.05) is 10.6 Å². The van der Waals surface area contributed by atoms with Crippen molar-refractivity contribution in [1.82, 2.24) is 21.5 Å². The molecule has 0 aromatic heterocycles. The number of carbonyl (C=O) groups is 2. The van der Waals surface area contributed by atoms with Gasteiger partial charge in [0.05, 0.1) is 22.5 Å². The van der Waals surface area contributed by atoms with Crippen LogP contribution in [0.5, 0.6) is 0 Å². The van der Waals surface area contributed by atoms with E-state index in [9.17, 15) is 69.4 Å². The number of benzene rings is 1. The lowest BCUT2D eigenvalue weighted by Crippen LogP contribution is -2.41. The van der Waals surface area contributed by atoms with Crippen molar-refractivity contribution in [3.8, 4) is 0 Å². The normalized spacial score (nSPS) is 14.2. The van der Waals surface area contributed by atoms with Gasteiger partial charge in [0.1, 0.15) is 11.5 Å². The summed E-state index contributed by atoms with van der Waals surface area (Å²) in [6, 6.07) is 0.387. The van der Waals surface area contributed by atoms with Crippen LogP contribution in [-0.4, -0.2) is 79.8 Å². The molecule has 0 saturated carbocycles. The minimum absolute atomic E-state index is 0.0652. The van der Waals surface area contributed by atoms with Crippen LogP contribution in [0.15, 0.2) is 53.4 Å². The second-order valence-corrected chi connectivity index (χ2v) is 10.7. The average molecular weight is 731 g/mol. The molecule has 2 aliphatic rings. The predicted octanol–water partition coefficient (Wildman–Crippen LogP) is -3.76. The monoisotopic (exact) mass is 730 g/mol. The van der Waals surface area contributed by atoms with E-state index in [1.54, 1.807) is 10.9 Å². The Kier molecular flexibility index (Phi) is 12.6. The topological polar surface area (TPSA) is 394 Å². The molecule has 2 atom stereocenters. The van der Waals surface area contributed by atoms with Crippen LogP contribution in [-0.2, 0) is 0 Å². The number of nitrogens with zero attached hydrogens (tertiary/aromatic N) is 4. The van der Waals surface area contributed by atoms with E-state index < -0.39 is 111 Å². The molecule has 24 heteroatoms. The highest BCUT2D eigenvalue weighted by atomic mass is 16.7. The van der Waals surface area contributed by atoms with Gasteiger partial charge in [0.2, 0.25) is 0 Å². The van der Waals surface area contributed by atoms with Gasteiger partial charge in [-0.1, -0.05) is 23.0 Å². The zero-order chi connectivity index (χ0) is 38.9. The Hall–Kier alpha value is -7.40. The highest BCUT2D eigenvalue weighted by Gasteiger charge is 2.24. The maximum Gasteiger partial charge on any atom is 0.405 e. The fraction of sp³-hybridized carbons (Fsp3) is 0.286. The first-order valence-corrected chi connectivity index (χ1v) is 14.7. The summed E-state index contributed by atoms with van der Waals surface area (Å²) in [5.74, 6) is -2.87. The van der Waals surface area contributed by atoms with Crippen molar-refractivity contribution >= 4 is 46.4 Å². The zero-order valence-corrected chi connectivity index (χ0v) is 26.5. The van der Waals surface area contributed by atoms with Gasteiger partial charge in [-0.2, -0.15) is 0 Å². The number of nitrogens with one attached hydrogen (secondary N) is 4. The number of hydrogen-bond acceptors (Lipinski definition) is 14. The number of aliphatic hydroxyl groups excluding tert-OH is 2. The molecule has 0 heterocycles. The number of aliphatic hydroxyl groups is 2.